The molecule has 12 heteroatoms. The van der Waals surface area contributed by atoms with Crippen LogP contribution in [0.25, 0.3) is 11.0 Å². The summed E-state index contributed by atoms with van der Waals surface area (Å²) in [5.74, 6) is -0.893. The van der Waals surface area contributed by atoms with E-state index in [2.05, 4.69) is 14.1 Å². The standard InChI is InChI=1S/C17H15F3N4O3S2/c1-2-24(29(26,27)14-9-5-8-13-16(14)23-28-22-13)10-15(25)21-12-7-4-3-6-11(12)17(18,19)20/h3-9H,2,10H2,1H3,(H,21,25). The number of carbonyl (C=O) groups excluding carboxylic acids is 1. The van der Waals surface area contributed by atoms with Crippen molar-refractivity contribution in [2.24, 2.45) is 0 Å². The van der Waals surface area contributed by atoms with Gasteiger partial charge in [0, 0.05) is 6.54 Å². The van der Waals surface area contributed by atoms with Gasteiger partial charge in [-0.25, -0.2) is 8.42 Å². The third-order valence-electron chi connectivity index (χ3n) is 4.05. The highest BCUT2D eigenvalue weighted by Crippen LogP contribution is 2.34. The van der Waals surface area contributed by atoms with Gasteiger partial charge in [-0.1, -0.05) is 25.1 Å². The van der Waals surface area contributed by atoms with Crippen molar-refractivity contribution in [3.05, 3.63) is 48.0 Å². The lowest BCUT2D eigenvalue weighted by Crippen LogP contribution is -2.38. The van der Waals surface area contributed by atoms with Crippen LogP contribution >= 0.6 is 11.7 Å². The van der Waals surface area contributed by atoms with Crippen molar-refractivity contribution in [2.75, 3.05) is 18.4 Å². The Morgan fingerprint density at radius 1 is 1.14 bits per heavy atom. The van der Waals surface area contributed by atoms with Crippen LogP contribution in [-0.4, -0.2) is 40.5 Å². The maximum absolute atomic E-state index is 13.1. The van der Waals surface area contributed by atoms with Gasteiger partial charge in [0.25, 0.3) is 0 Å². The van der Waals surface area contributed by atoms with Gasteiger partial charge in [-0.15, -0.1) is 0 Å². The molecular weight excluding hydrogens is 429 g/mol. The van der Waals surface area contributed by atoms with Crippen LogP contribution in [0, 0.1) is 0 Å². The Balaban J connectivity index is 1.85. The molecule has 1 amide bonds. The number of aromatic nitrogens is 2. The summed E-state index contributed by atoms with van der Waals surface area (Å²) >= 11 is 0.853. The van der Waals surface area contributed by atoms with Crippen molar-refractivity contribution >= 4 is 44.4 Å². The van der Waals surface area contributed by atoms with Crippen LogP contribution in [0.2, 0.25) is 0 Å². The Morgan fingerprint density at radius 2 is 1.86 bits per heavy atom. The predicted molar refractivity (Wildman–Crippen MR) is 102 cm³/mol. The number of amides is 1. The quantitative estimate of drug-likeness (QED) is 0.630. The minimum absolute atomic E-state index is 0.0649. The van der Waals surface area contributed by atoms with E-state index < -0.39 is 39.9 Å². The van der Waals surface area contributed by atoms with E-state index in [-0.39, 0.29) is 17.0 Å². The Morgan fingerprint density at radius 3 is 2.55 bits per heavy atom. The largest absolute Gasteiger partial charge is 0.418 e. The van der Waals surface area contributed by atoms with Gasteiger partial charge in [-0.2, -0.15) is 26.2 Å². The SMILES string of the molecule is CCN(CC(=O)Nc1ccccc1C(F)(F)F)S(=O)(=O)c1cccc2nsnc12. The fraction of sp³-hybridized carbons (Fsp3) is 0.235. The molecule has 7 nitrogen and oxygen atoms in total. The summed E-state index contributed by atoms with van der Waals surface area (Å²) in [6, 6.07) is 8.93. The molecule has 0 atom stereocenters. The first kappa shape index (κ1) is 21.1. The van der Waals surface area contributed by atoms with Crippen molar-refractivity contribution in [1.29, 1.82) is 0 Å². The minimum atomic E-state index is -4.66. The van der Waals surface area contributed by atoms with Crippen LogP contribution in [0.15, 0.2) is 47.4 Å². The predicted octanol–water partition coefficient (Wildman–Crippen LogP) is 3.36. The van der Waals surface area contributed by atoms with Gasteiger partial charge in [0.2, 0.25) is 15.9 Å². The molecule has 0 spiro atoms. The molecule has 1 heterocycles. The Hall–Kier alpha value is -2.57. The molecule has 0 aliphatic carbocycles. The lowest BCUT2D eigenvalue weighted by molar-refractivity contribution is -0.137. The third kappa shape index (κ3) is 4.38. The van der Waals surface area contributed by atoms with Crippen LogP contribution in [0.4, 0.5) is 18.9 Å². The summed E-state index contributed by atoms with van der Waals surface area (Å²) in [5, 5.41) is 2.15. The van der Waals surface area contributed by atoms with Crippen molar-refractivity contribution in [2.45, 2.75) is 18.0 Å². The number of halogens is 3. The number of nitrogens with one attached hydrogen (secondary N) is 1. The smallest absolute Gasteiger partial charge is 0.324 e. The fourth-order valence-electron chi connectivity index (χ4n) is 2.68. The monoisotopic (exact) mass is 444 g/mol. The first-order chi connectivity index (χ1) is 13.6. The number of anilines is 1. The number of carbonyl (C=O) groups is 1. The zero-order chi connectivity index (χ0) is 21.2. The molecule has 154 valence electrons. The fourth-order valence-corrected chi connectivity index (χ4v) is 4.84. The molecule has 0 saturated heterocycles. The Bertz CT molecular complexity index is 1150. The number of nitrogens with zero attached hydrogens (tertiary/aromatic N) is 3. The molecule has 0 aliphatic heterocycles. The molecule has 1 N–H and O–H groups in total. The second kappa shape index (κ2) is 8.05. The van der Waals surface area contributed by atoms with Crippen LogP contribution in [-0.2, 0) is 21.0 Å². The number of alkyl halides is 3. The number of sulfonamides is 1. The van der Waals surface area contributed by atoms with Gasteiger partial charge < -0.3 is 5.32 Å². The zero-order valence-electron chi connectivity index (χ0n) is 15.0. The Kier molecular flexibility index (Phi) is 5.87. The summed E-state index contributed by atoms with van der Waals surface area (Å²) < 4.78 is 74.1. The molecule has 0 bridgehead atoms. The molecule has 0 radical (unpaired) electrons. The molecule has 1 aromatic heterocycles. The Labute approximate surface area is 168 Å². The molecule has 3 rings (SSSR count). The number of rotatable bonds is 6. The van der Waals surface area contributed by atoms with E-state index in [4.69, 9.17) is 0 Å². The van der Waals surface area contributed by atoms with Gasteiger partial charge in [0.05, 0.1) is 29.5 Å². The summed E-state index contributed by atoms with van der Waals surface area (Å²) in [4.78, 5) is 12.2. The molecule has 29 heavy (non-hydrogen) atoms. The summed E-state index contributed by atoms with van der Waals surface area (Å²) in [7, 11) is -4.12. The zero-order valence-corrected chi connectivity index (χ0v) is 16.6. The second-order valence-corrected chi connectivity index (χ2v) is 8.35. The van der Waals surface area contributed by atoms with E-state index in [1.165, 1.54) is 31.2 Å². The second-order valence-electron chi connectivity index (χ2n) is 5.91. The average molecular weight is 444 g/mol. The average Bonchev–Trinajstić information content (AvgIpc) is 3.14. The minimum Gasteiger partial charge on any atom is -0.324 e. The van der Waals surface area contributed by atoms with Crippen LogP contribution < -0.4 is 5.32 Å². The molecule has 3 aromatic rings. The van der Waals surface area contributed by atoms with E-state index >= 15 is 0 Å². The number of hydrogen-bond donors (Lipinski definition) is 1. The maximum atomic E-state index is 13.1. The number of para-hydroxylation sites is 1. The molecular formula is C17H15F3N4O3S2. The van der Waals surface area contributed by atoms with E-state index in [1.54, 1.807) is 6.07 Å². The van der Waals surface area contributed by atoms with E-state index in [1.807, 2.05) is 0 Å². The van der Waals surface area contributed by atoms with Crippen LogP contribution in [0.1, 0.15) is 12.5 Å². The number of benzene rings is 2. The molecule has 2 aromatic carbocycles. The van der Waals surface area contributed by atoms with Crippen molar-refractivity contribution in [1.82, 2.24) is 13.1 Å². The van der Waals surface area contributed by atoms with E-state index in [0.29, 0.717) is 5.52 Å². The third-order valence-corrected chi connectivity index (χ3v) is 6.54. The van der Waals surface area contributed by atoms with Gasteiger partial charge in [-0.05, 0) is 24.3 Å². The normalized spacial score (nSPS) is 12.4. The first-order valence-electron chi connectivity index (χ1n) is 8.32. The topological polar surface area (TPSA) is 92.3 Å². The summed E-state index contributed by atoms with van der Waals surface area (Å²) in [6.45, 7) is 0.803. The molecule has 0 aliphatic rings. The first-order valence-corrected chi connectivity index (χ1v) is 10.5. The molecule has 0 unspecified atom stereocenters. The highest BCUT2D eigenvalue weighted by atomic mass is 32.2. The van der Waals surface area contributed by atoms with Gasteiger partial charge in [0.1, 0.15) is 15.9 Å². The number of hydrogen-bond acceptors (Lipinski definition) is 6. The number of likely N-dealkylation sites (N-methyl/N-ethyl adjacent to an activating group) is 1. The highest BCUT2D eigenvalue weighted by Gasteiger charge is 2.34. The lowest BCUT2D eigenvalue weighted by atomic mass is 10.1. The highest BCUT2D eigenvalue weighted by molar-refractivity contribution is 7.89. The van der Waals surface area contributed by atoms with Crippen molar-refractivity contribution in [3.8, 4) is 0 Å². The van der Waals surface area contributed by atoms with E-state index in [0.717, 1.165) is 28.2 Å². The lowest BCUT2D eigenvalue weighted by Gasteiger charge is -2.21. The number of fused-ring (bicyclic) bond motifs is 1. The van der Waals surface area contributed by atoms with Crippen LogP contribution in [0.5, 0.6) is 0 Å². The van der Waals surface area contributed by atoms with Gasteiger partial charge in [-0.3, -0.25) is 4.79 Å². The van der Waals surface area contributed by atoms with E-state index in [9.17, 15) is 26.4 Å². The van der Waals surface area contributed by atoms with Gasteiger partial charge in [0.15, 0.2) is 0 Å². The molecule has 0 saturated carbocycles. The van der Waals surface area contributed by atoms with Crippen molar-refractivity contribution < 1.29 is 26.4 Å². The van der Waals surface area contributed by atoms with Crippen molar-refractivity contribution in [3.63, 3.8) is 0 Å². The summed E-state index contributed by atoms with van der Waals surface area (Å²) in [6.07, 6.45) is -4.66. The molecule has 0 fully saturated rings. The van der Waals surface area contributed by atoms with Crippen LogP contribution in [0.3, 0.4) is 0 Å². The van der Waals surface area contributed by atoms with Gasteiger partial charge >= 0.3 is 6.18 Å². The maximum Gasteiger partial charge on any atom is 0.418 e. The summed E-state index contributed by atoms with van der Waals surface area (Å²) in [5.41, 5.74) is -0.878.